The van der Waals surface area contributed by atoms with E-state index in [0.717, 1.165) is 31.7 Å². The monoisotopic (exact) mass is 297 g/mol. The number of nitro groups is 1. The van der Waals surface area contributed by atoms with Crippen molar-refractivity contribution >= 4 is 23.3 Å². The minimum atomic E-state index is -0.609. The summed E-state index contributed by atoms with van der Waals surface area (Å²) in [6.45, 7) is 2.06. The molecule has 0 radical (unpaired) electrons. The van der Waals surface area contributed by atoms with Crippen LogP contribution in [-0.4, -0.2) is 17.0 Å². The summed E-state index contributed by atoms with van der Waals surface area (Å²) in [6.07, 6.45) is 3.98. The first-order valence-electron chi connectivity index (χ1n) is 6.64. The van der Waals surface area contributed by atoms with Crippen LogP contribution in [-0.2, 0) is 4.74 Å². The standard InChI is InChI=1S/C14H16ClNO4/c1-9-4-2-3-5-13(9)20-14(17)10-6-7-11(15)12(8-10)16(18)19/h6-9,13H,2-5H2,1H3. The van der Waals surface area contributed by atoms with Crippen LogP contribution in [0.2, 0.25) is 5.02 Å². The maximum absolute atomic E-state index is 12.1. The van der Waals surface area contributed by atoms with Crippen LogP contribution in [0.25, 0.3) is 0 Å². The van der Waals surface area contributed by atoms with Gasteiger partial charge in [-0.25, -0.2) is 4.79 Å². The van der Waals surface area contributed by atoms with Crippen LogP contribution in [0, 0.1) is 16.0 Å². The highest BCUT2D eigenvalue weighted by Gasteiger charge is 2.26. The van der Waals surface area contributed by atoms with E-state index in [1.54, 1.807) is 0 Å². The van der Waals surface area contributed by atoms with Gasteiger partial charge in [0, 0.05) is 6.07 Å². The average Bonchev–Trinajstić information content (AvgIpc) is 2.41. The van der Waals surface area contributed by atoms with Crippen molar-refractivity contribution < 1.29 is 14.5 Å². The van der Waals surface area contributed by atoms with E-state index < -0.39 is 10.9 Å². The molecule has 20 heavy (non-hydrogen) atoms. The van der Waals surface area contributed by atoms with Gasteiger partial charge in [0.2, 0.25) is 0 Å². The number of halogens is 1. The Bertz CT molecular complexity index is 532. The van der Waals surface area contributed by atoms with E-state index in [4.69, 9.17) is 16.3 Å². The fraction of sp³-hybridized carbons (Fsp3) is 0.500. The topological polar surface area (TPSA) is 69.4 Å². The van der Waals surface area contributed by atoms with Crippen molar-refractivity contribution in [3.63, 3.8) is 0 Å². The zero-order valence-electron chi connectivity index (χ0n) is 11.2. The van der Waals surface area contributed by atoms with Crippen LogP contribution in [0.4, 0.5) is 5.69 Å². The van der Waals surface area contributed by atoms with Gasteiger partial charge in [-0.3, -0.25) is 10.1 Å². The van der Waals surface area contributed by atoms with Gasteiger partial charge in [-0.05, 0) is 37.3 Å². The minimum Gasteiger partial charge on any atom is -0.458 e. The number of nitrogens with zero attached hydrogens (tertiary/aromatic N) is 1. The van der Waals surface area contributed by atoms with Crippen LogP contribution < -0.4 is 0 Å². The first-order valence-corrected chi connectivity index (χ1v) is 7.01. The van der Waals surface area contributed by atoms with Gasteiger partial charge >= 0.3 is 5.97 Å². The van der Waals surface area contributed by atoms with E-state index in [2.05, 4.69) is 6.92 Å². The summed E-state index contributed by atoms with van der Waals surface area (Å²) in [4.78, 5) is 22.3. The minimum absolute atomic E-state index is 0.0117. The van der Waals surface area contributed by atoms with Gasteiger partial charge in [0.1, 0.15) is 11.1 Å². The molecule has 0 spiro atoms. The molecule has 0 aromatic heterocycles. The molecule has 5 nitrogen and oxygen atoms in total. The average molecular weight is 298 g/mol. The molecule has 108 valence electrons. The Hall–Kier alpha value is -1.62. The Labute approximate surface area is 122 Å². The molecule has 0 aliphatic heterocycles. The van der Waals surface area contributed by atoms with Gasteiger partial charge in [0.05, 0.1) is 10.5 Å². The molecule has 0 saturated heterocycles. The molecule has 0 heterocycles. The Balaban J connectivity index is 2.13. The lowest BCUT2D eigenvalue weighted by atomic mass is 9.88. The van der Waals surface area contributed by atoms with Crippen LogP contribution in [0.5, 0.6) is 0 Å². The number of esters is 1. The molecule has 6 heteroatoms. The summed E-state index contributed by atoms with van der Waals surface area (Å²) < 4.78 is 5.46. The molecule has 1 aromatic carbocycles. The number of benzene rings is 1. The fourth-order valence-electron chi connectivity index (χ4n) is 2.44. The van der Waals surface area contributed by atoms with Crippen LogP contribution >= 0.6 is 11.6 Å². The highest BCUT2D eigenvalue weighted by Crippen LogP contribution is 2.29. The summed E-state index contributed by atoms with van der Waals surface area (Å²) in [6, 6.07) is 3.96. The van der Waals surface area contributed by atoms with Gasteiger partial charge in [-0.1, -0.05) is 24.9 Å². The predicted octanol–water partition coefficient (Wildman–Crippen LogP) is 3.98. The normalized spacial score (nSPS) is 22.3. The number of hydrogen-bond acceptors (Lipinski definition) is 4. The molecule has 1 aliphatic rings. The van der Waals surface area contributed by atoms with Crippen LogP contribution in [0.1, 0.15) is 43.0 Å². The molecular formula is C14H16ClNO4. The zero-order chi connectivity index (χ0) is 14.7. The Morgan fingerprint density at radius 2 is 2.10 bits per heavy atom. The van der Waals surface area contributed by atoms with Crippen molar-refractivity contribution in [3.8, 4) is 0 Å². The van der Waals surface area contributed by atoms with E-state index in [1.807, 2.05) is 0 Å². The summed E-state index contributed by atoms with van der Waals surface area (Å²) in [7, 11) is 0. The lowest BCUT2D eigenvalue weighted by Crippen LogP contribution is -2.28. The maximum Gasteiger partial charge on any atom is 0.338 e. The molecule has 0 N–H and O–H groups in total. The van der Waals surface area contributed by atoms with Gasteiger partial charge < -0.3 is 4.74 Å². The summed E-state index contributed by atoms with van der Waals surface area (Å²) in [5, 5.41) is 10.8. The fourth-order valence-corrected chi connectivity index (χ4v) is 2.63. The lowest BCUT2D eigenvalue weighted by molar-refractivity contribution is -0.384. The maximum atomic E-state index is 12.1. The zero-order valence-corrected chi connectivity index (χ0v) is 11.9. The molecule has 2 unspecified atom stereocenters. The predicted molar refractivity (Wildman–Crippen MR) is 74.9 cm³/mol. The smallest absolute Gasteiger partial charge is 0.338 e. The third-order valence-corrected chi connectivity index (χ3v) is 3.99. The quantitative estimate of drug-likeness (QED) is 0.480. The van der Waals surface area contributed by atoms with Crippen molar-refractivity contribution in [1.82, 2.24) is 0 Å². The number of hydrogen-bond donors (Lipinski definition) is 0. The summed E-state index contributed by atoms with van der Waals surface area (Å²) >= 11 is 5.72. The number of ether oxygens (including phenoxy) is 1. The molecule has 1 saturated carbocycles. The molecule has 0 amide bonds. The number of carbonyl (C=O) groups excluding carboxylic acids is 1. The summed E-state index contributed by atoms with van der Waals surface area (Å²) in [5.41, 5.74) is -0.114. The molecular weight excluding hydrogens is 282 g/mol. The number of carbonyl (C=O) groups is 1. The van der Waals surface area contributed by atoms with Gasteiger partial charge in [0.25, 0.3) is 5.69 Å². The Kier molecular flexibility index (Phi) is 4.60. The van der Waals surface area contributed by atoms with Gasteiger partial charge in [0.15, 0.2) is 0 Å². The van der Waals surface area contributed by atoms with Crippen molar-refractivity contribution in [2.24, 2.45) is 5.92 Å². The second-order valence-electron chi connectivity index (χ2n) is 5.13. The van der Waals surface area contributed by atoms with Crippen molar-refractivity contribution in [2.45, 2.75) is 38.7 Å². The molecule has 1 aromatic rings. The first kappa shape index (κ1) is 14.8. The van der Waals surface area contributed by atoms with Crippen molar-refractivity contribution in [2.75, 3.05) is 0 Å². The van der Waals surface area contributed by atoms with Crippen molar-refractivity contribution in [3.05, 3.63) is 38.9 Å². The lowest BCUT2D eigenvalue weighted by Gasteiger charge is -2.28. The van der Waals surface area contributed by atoms with E-state index in [9.17, 15) is 14.9 Å². The number of nitro benzene ring substituents is 1. The highest BCUT2D eigenvalue weighted by atomic mass is 35.5. The summed E-state index contributed by atoms with van der Waals surface area (Å²) in [5.74, 6) is -0.196. The van der Waals surface area contributed by atoms with E-state index in [-0.39, 0.29) is 22.4 Å². The Morgan fingerprint density at radius 3 is 2.75 bits per heavy atom. The third-order valence-electron chi connectivity index (χ3n) is 3.67. The Morgan fingerprint density at radius 1 is 1.40 bits per heavy atom. The largest absolute Gasteiger partial charge is 0.458 e. The van der Waals surface area contributed by atoms with Crippen LogP contribution in [0.3, 0.4) is 0 Å². The second kappa shape index (κ2) is 6.22. The molecule has 2 rings (SSSR count). The van der Waals surface area contributed by atoms with Gasteiger partial charge in [-0.15, -0.1) is 0 Å². The van der Waals surface area contributed by atoms with Crippen LogP contribution in [0.15, 0.2) is 18.2 Å². The highest BCUT2D eigenvalue weighted by molar-refractivity contribution is 6.32. The number of rotatable bonds is 3. The second-order valence-corrected chi connectivity index (χ2v) is 5.54. The SMILES string of the molecule is CC1CCCCC1OC(=O)c1ccc(Cl)c([N+](=O)[O-])c1. The van der Waals surface area contributed by atoms with E-state index >= 15 is 0 Å². The molecule has 0 bridgehead atoms. The van der Waals surface area contributed by atoms with E-state index in [1.165, 1.54) is 12.1 Å². The molecule has 1 fully saturated rings. The van der Waals surface area contributed by atoms with Gasteiger partial charge in [-0.2, -0.15) is 0 Å². The van der Waals surface area contributed by atoms with Crippen molar-refractivity contribution in [1.29, 1.82) is 0 Å². The first-order chi connectivity index (χ1) is 9.49. The molecule has 2 atom stereocenters. The third kappa shape index (κ3) is 3.28. The van der Waals surface area contributed by atoms with E-state index in [0.29, 0.717) is 5.92 Å². The molecule has 1 aliphatic carbocycles.